The Kier molecular flexibility index (Phi) is 13.8. The molecule has 3 N–H and O–H groups in total. The zero-order chi connectivity index (χ0) is 48.3. The van der Waals surface area contributed by atoms with Crippen LogP contribution in [0.3, 0.4) is 0 Å². The van der Waals surface area contributed by atoms with E-state index in [4.69, 9.17) is 14.7 Å². The monoisotopic (exact) mass is 960 g/mol. The Hall–Kier alpha value is -6.74. The van der Waals surface area contributed by atoms with E-state index in [0.29, 0.717) is 74.8 Å². The van der Waals surface area contributed by atoms with Gasteiger partial charge in [-0.1, -0.05) is 43.4 Å². The molecule has 4 aliphatic rings. The molecule has 9 rings (SSSR count). The molecule has 4 aromatic heterocycles. The van der Waals surface area contributed by atoms with Crippen LogP contribution in [0.1, 0.15) is 122 Å². The van der Waals surface area contributed by atoms with E-state index < -0.39 is 50.1 Å². The number of unbranched alkanes of at least 4 members (excludes halogenated alkanes) is 6. The van der Waals surface area contributed by atoms with Gasteiger partial charge < -0.3 is 19.9 Å². The van der Waals surface area contributed by atoms with Crippen molar-refractivity contribution in [2.75, 3.05) is 36.2 Å². The van der Waals surface area contributed by atoms with Crippen LogP contribution in [-0.2, 0) is 51.4 Å². The third kappa shape index (κ3) is 10.1. The van der Waals surface area contributed by atoms with Crippen LogP contribution in [0.4, 0.5) is 11.5 Å². The molecule has 3 atom stereocenters. The third-order valence-electron chi connectivity index (χ3n) is 13.5. The minimum atomic E-state index is -3.07. The topological polar surface area (TPSA) is 257 Å². The van der Waals surface area contributed by atoms with Gasteiger partial charge in [0.05, 0.1) is 61.9 Å². The highest BCUT2D eigenvalue weighted by Crippen LogP contribution is 2.53. The first-order valence-corrected chi connectivity index (χ1v) is 25.7. The van der Waals surface area contributed by atoms with Crippen molar-refractivity contribution in [2.45, 2.75) is 120 Å². The van der Waals surface area contributed by atoms with Crippen molar-refractivity contribution in [3.63, 3.8) is 0 Å². The van der Waals surface area contributed by atoms with E-state index in [1.165, 1.54) is 6.07 Å². The molecule has 2 saturated heterocycles. The molecule has 7 heterocycles. The van der Waals surface area contributed by atoms with Crippen LogP contribution in [0.15, 0.2) is 59.4 Å². The minimum Gasteiger partial charge on any atom is -0.377 e. The Labute approximate surface area is 398 Å². The minimum absolute atomic E-state index is 0.0227. The van der Waals surface area contributed by atoms with Gasteiger partial charge in [-0.25, -0.2) is 19.2 Å². The average Bonchev–Trinajstić information content (AvgIpc) is 3.68. The zero-order valence-corrected chi connectivity index (χ0v) is 39.6. The number of ether oxygens (including phenoxy) is 1. The molecule has 20 nitrogen and oxygen atoms in total. The predicted molar refractivity (Wildman–Crippen MR) is 254 cm³/mol. The van der Waals surface area contributed by atoms with Crippen LogP contribution in [-0.4, -0.2) is 118 Å². The summed E-state index contributed by atoms with van der Waals surface area (Å²) in [5.41, 5.74) is 3.19. The second-order valence-corrected chi connectivity index (χ2v) is 20.9. The standard InChI is InChI=1S/C48H56N12O8S/c1-30-29-68-26-25-59(30)38-27-37(52-44(53-38)33-19-23-50-43-32(33)18-22-49-43)48(20-21-48)69(2,67)56-41(63)16-14-31-28-58(57-55-31)24-9-7-5-3-4-6-8-13-39(61)51-35-12-10-11-34-42(35)47(66)60(46(34)65)36-15-17-40(62)54-45(36)64/h10-12,18-19,22-23,27-28,30,36H,3-9,13-17,20-21,24-26,29H2,1-2H3,(H,49,50)(H,51,61)(H,54,62,64)/t30-,36?,69-/m1/s1. The number of fused-ring (bicyclic) bond motifs is 2. The predicted octanol–water partition coefficient (Wildman–Crippen LogP) is 5.24. The van der Waals surface area contributed by atoms with Crippen molar-refractivity contribution in [1.82, 2.24) is 45.1 Å². The number of carbonyl (C=O) groups excluding carboxylic acids is 6. The summed E-state index contributed by atoms with van der Waals surface area (Å²) >= 11 is 0. The highest BCUT2D eigenvalue weighted by atomic mass is 32.2. The number of carbonyl (C=O) groups is 6. The summed E-state index contributed by atoms with van der Waals surface area (Å²) in [6.45, 7) is 4.54. The number of pyridine rings is 1. The fourth-order valence-corrected chi connectivity index (χ4v) is 11.5. The second-order valence-electron chi connectivity index (χ2n) is 18.4. The molecule has 69 heavy (non-hydrogen) atoms. The molecule has 0 radical (unpaired) electrons. The maximum Gasteiger partial charge on any atom is 0.264 e. The van der Waals surface area contributed by atoms with Gasteiger partial charge in [-0.2, -0.15) is 4.36 Å². The third-order valence-corrected chi connectivity index (χ3v) is 16.1. The Morgan fingerprint density at radius 3 is 2.55 bits per heavy atom. The van der Waals surface area contributed by atoms with E-state index in [0.717, 1.165) is 60.2 Å². The first kappa shape index (κ1) is 47.3. The summed E-state index contributed by atoms with van der Waals surface area (Å²) in [5, 5.41) is 14.4. The van der Waals surface area contributed by atoms with Crippen molar-refractivity contribution in [2.24, 2.45) is 4.36 Å². The molecule has 3 fully saturated rings. The lowest BCUT2D eigenvalue weighted by atomic mass is 10.0. The second kappa shape index (κ2) is 20.1. The number of aromatic amines is 1. The van der Waals surface area contributed by atoms with Crippen LogP contribution in [0.5, 0.6) is 0 Å². The summed E-state index contributed by atoms with van der Waals surface area (Å²) in [7, 11) is -3.07. The average molecular weight is 961 g/mol. The van der Waals surface area contributed by atoms with Gasteiger partial charge in [0.15, 0.2) is 5.82 Å². The number of hydrogen-bond donors (Lipinski definition) is 3. The summed E-state index contributed by atoms with van der Waals surface area (Å²) in [6, 6.07) is 9.36. The number of H-pyrrole nitrogens is 1. The normalized spacial score (nSPS) is 19.6. The van der Waals surface area contributed by atoms with Gasteiger partial charge >= 0.3 is 0 Å². The first-order valence-electron chi connectivity index (χ1n) is 23.8. The lowest BCUT2D eigenvalue weighted by Gasteiger charge is -2.35. The molecule has 1 unspecified atom stereocenters. The van der Waals surface area contributed by atoms with Gasteiger partial charge in [-0.15, -0.1) is 5.10 Å². The van der Waals surface area contributed by atoms with Crippen LogP contribution >= 0.6 is 0 Å². The van der Waals surface area contributed by atoms with Crippen molar-refractivity contribution < 1.29 is 37.7 Å². The van der Waals surface area contributed by atoms with Gasteiger partial charge in [0.1, 0.15) is 17.5 Å². The molecule has 0 bridgehead atoms. The summed E-state index contributed by atoms with van der Waals surface area (Å²) in [5.74, 6) is -1.93. The summed E-state index contributed by atoms with van der Waals surface area (Å²) in [6.07, 6.45) is 15.2. The number of imide groups is 2. The number of hydrogen-bond acceptors (Lipinski definition) is 14. The molecule has 5 aromatic rings. The quantitative estimate of drug-likeness (QED) is 0.0707. The number of morpholine rings is 1. The van der Waals surface area contributed by atoms with Crippen molar-refractivity contribution >= 4 is 67.7 Å². The van der Waals surface area contributed by atoms with E-state index >= 15 is 0 Å². The molecule has 1 aromatic carbocycles. The Morgan fingerprint density at radius 1 is 0.971 bits per heavy atom. The lowest BCUT2D eigenvalue weighted by molar-refractivity contribution is -0.136. The molecule has 6 amide bonds. The van der Waals surface area contributed by atoms with E-state index in [-0.39, 0.29) is 54.4 Å². The fraction of sp³-hybridized carbons (Fsp3) is 0.479. The van der Waals surface area contributed by atoms with Gasteiger partial charge in [-0.3, -0.25) is 43.7 Å². The first-order chi connectivity index (χ1) is 33.3. The maximum atomic E-state index is 14.5. The number of benzene rings is 1. The highest BCUT2D eigenvalue weighted by Gasteiger charge is 2.54. The Morgan fingerprint density at radius 2 is 1.77 bits per heavy atom. The maximum absolute atomic E-state index is 14.5. The summed E-state index contributed by atoms with van der Waals surface area (Å²) in [4.78, 5) is 97.4. The molecular weight excluding hydrogens is 905 g/mol. The van der Waals surface area contributed by atoms with E-state index in [9.17, 15) is 33.0 Å². The molecule has 0 spiro atoms. The number of amides is 6. The van der Waals surface area contributed by atoms with Crippen LogP contribution in [0.25, 0.3) is 22.4 Å². The number of piperidine rings is 1. The number of aryl methyl sites for hydroxylation is 2. The number of anilines is 2. The number of nitrogens with one attached hydrogen (secondary N) is 3. The van der Waals surface area contributed by atoms with Crippen LogP contribution in [0, 0.1) is 0 Å². The molecule has 3 aliphatic heterocycles. The highest BCUT2D eigenvalue weighted by molar-refractivity contribution is 7.94. The van der Waals surface area contributed by atoms with Gasteiger partial charge in [-0.05, 0) is 63.3 Å². The van der Waals surface area contributed by atoms with Crippen molar-refractivity contribution in [3.8, 4) is 11.4 Å². The zero-order valence-electron chi connectivity index (χ0n) is 38.8. The smallest absolute Gasteiger partial charge is 0.264 e. The molecule has 362 valence electrons. The number of rotatable bonds is 19. The van der Waals surface area contributed by atoms with Gasteiger partial charge in [0, 0.05) is 80.6 Å². The van der Waals surface area contributed by atoms with Crippen molar-refractivity contribution in [3.05, 3.63) is 77.5 Å². The number of aromatic nitrogens is 7. The molecular formula is C48H56N12O8S. The SMILES string of the molecule is C[C@@H]1COCCN1c1cc(C2([S@@](C)(=O)=NC(=O)CCc3cn(CCCCCCCCCC(=O)Nc4cccc5c4C(=O)N(C4CCC(=O)NC4=O)C5=O)nn3)CC2)nc(-c2ccnc3[nH]ccc23)n1. The molecule has 21 heteroatoms. The van der Waals surface area contributed by atoms with Crippen LogP contribution < -0.4 is 15.5 Å². The van der Waals surface area contributed by atoms with Gasteiger partial charge in [0.2, 0.25) is 17.7 Å². The van der Waals surface area contributed by atoms with E-state index in [1.807, 2.05) is 30.6 Å². The summed E-state index contributed by atoms with van der Waals surface area (Å²) < 4.78 is 25.5. The Bertz CT molecular complexity index is 2950. The largest absolute Gasteiger partial charge is 0.377 e. The number of nitrogens with zero attached hydrogens (tertiary/aromatic N) is 9. The van der Waals surface area contributed by atoms with Crippen LogP contribution in [0.2, 0.25) is 0 Å². The molecule has 1 aliphatic carbocycles. The Balaban J connectivity index is 0.706. The lowest BCUT2D eigenvalue weighted by Crippen LogP contribution is -2.54. The van der Waals surface area contributed by atoms with E-state index in [2.05, 4.69) is 47.1 Å². The van der Waals surface area contributed by atoms with E-state index in [1.54, 1.807) is 29.3 Å². The van der Waals surface area contributed by atoms with Gasteiger partial charge in [0.25, 0.3) is 17.7 Å². The molecule has 1 saturated carbocycles. The van der Waals surface area contributed by atoms with Crippen molar-refractivity contribution in [1.29, 1.82) is 0 Å². The fourth-order valence-electron chi connectivity index (χ4n) is 9.50.